The molecular weight excluding hydrogens is 512 g/mol. The molecule has 1 N–H and O–H groups in total. The van der Waals surface area contributed by atoms with Crippen molar-refractivity contribution in [2.45, 2.75) is 33.0 Å². The number of carbonyl (C=O) groups is 2. The summed E-state index contributed by atoms with van der Waals surface area (Å²) in [6, 6.07) is 14.9. The van der Waals surface area contributed by atoms with Gasteiger partial charge in [-0.2, -0.15) is 0 Å². The molecule has 1 aliphatic rings. The highest BCUT2D eigenvalue weighted by Crippen LogP contribution is 2.33. The topological polar surface area (TPSA) is 128 Å². The summed E-state index contributed by atoms with van der Waals surface area (Å²) in [7, 11) is 5.01. The maximum Gasteiger partial charge on any atom is 0.407 e. The van der Waals surface area contributed by atoms with Crippen molar-refractivity contribution in [3.8, 4) is 23.0 Å². The van der Waals surface area contributed by atoms with Crippen LogP contribution in [0.2, 0.25) is 0 Å². The van der Waals surface area contributed by atoms with E-state index in [9.17, 15) is 9.59 Å². The van der Waals surface area contributed by atoms with Gasteiger partial charge < -0.3 is 19.7 Å². The van der Waals surface area contributed by atoms with E-state index in [0.717, 1.165) is 11.4 Å². The third-order valence-corrected chi connectivity index (χ3v) is 6.81. The van der Waals surface area contributed by atoms with Crippen LogP contribution >= 0.6 is 0 Å². The summed E-state index contributed by atoms with van der Waals surface area (Å²) in [6.07, 6.45) is 1.04. The molecule has 40 heavy (non-hydrogen) atoms. The Morgan fingerprint density at radius 1 is 1.15 bits per heavy atom. The van der Waals surface area contributed by atoms with Gasteiger partial charge in [0.05, 0.1) is 24.9 Å². The van der Waals surface area contributed by atoms with E-state index < -0.39 is 6.09 Å². The molecule has 0 unspecified atom stereocenters. The number of hydrogen-bond acceptors (Lipinski definition) is 9. The molecule has 0 aliphatic carbocycles. The first-order valence-corrected chi connectivity index (χ1v) is 12.7. The third kappa shape index (κ3) is 5.03. The van der Waals surface area contributed by atoms with E-state index >= 15 is 0 Å². The Hall–Kier alpha value is -5.00. The first kappa shape index (κ1) is 26.6. The molecule has 206 valence electrons. The number of pyridine rings is 2. The summed E-state index contributed by atoms with van der Waals surface area (Å²) in [4.78, 5) is 38.6. The molecule has 12 nitrogen and oxygen atoms in total. The monoisotopic (exact) mass is 542 g/mol. The largest absolute Gasteiger partial charge is 0.497 e. The SMILES string of the molecule is CNC(=O)OCc1nc(N(C)C(C)C)cc2c1CN(c1cccc(-c3nncn3-c3ccc(OC)cc3)n1)C2=O. The van der Waals surface area contributed by atoms with Crippen LogP contribution in [-0.4, -0.2) is 64.0 Å². The lowest BCUT2D eigenvalue weighted by Gasteiger charge is -2.23. The number of benzene rings is 1. The lowest BCUT2D eigenvalue weighted by atomic mass is 10.1. The Bertz CT molecular complexity index is 1550. The maximum absolute atomic E-state index is 13.7. The van der Waals surface area contributed by atoms with Crippen molar-refractivity contribution in [3.63, 3.8) is 0 Å². The van der Waals surface area contributed by atoms with Crippen molar-refractivity contribution in [2.75, 3.05) is 31.0 Å². The van der Waals surface area contributed by atoms with Gasteiger partial charge in [-0.3, -0.25) is 14.3 Å². The maximum atomic E-state index is 13.7. The Morgan fingerprint density at radius 2 is 1.93 bits per heavy atom. The van der Waals surface area contributed by atoms with Gasteiger partial charge in [0, 0.05) is 31.4 Å². The van der Waals surface area contributed by atoms with Crippen molar-refractivity contribution in [2.24, 2.45) is 0 Å². The van der Waals surface area contributed by atoms with E-state index in [-0.39, 0.29) is 25.1 Å². The summed E-state index contributed by atoms with van der Waals surface area (Å²) in [6.45, 7) is 4.23. The molecule has 0 fully saturated rings. The number of carbonyl (C=O) groups excluding carboxylic acids is 2. The van der Waals surface area contributed by atoms with Gasteiger partial charge in [0.25, 0.3) is 5.91 Å². The zero-order valence-electron chi connectivity index (χ0n) is 23.0. The Morgan fingerprint density at radius 3 is 2.62 bits per heavy atom. The minimum Gasteiger partial charge on any atom is -0.497 e. The number of nitrogens with zero attached hydrogens (tertiary/aromatic N) is 7. The predicted molar refractivity (Wildman–Crippen MR) is 149 cm³/mol. The van der Waals surface area contributed by atoms with Crippen LogP contribution in [0.15, 0.2) is 54.9 Å². The first-order chi connectivity index (χ1) is 19.3. The number of fused-ring (bicyclic) bond motifs is 1. The van der Waals surface area contributed by atoms with Gasteiger partial charge >= 0.3 is 6.09 Å². The highest BCUT2D eigenvalue weighted by molar-refractivity contribution is 6.10. The van der Waals surface area contributed by atoms with Gasteiger partial charge in [-0.05, 0) is 56.3 Å². The lowest BCUT2D eigenvalue weighted by Crippen LogP contribution is -2.27. The summed E-state index contributed by atoms with van der Waals surface area (Å²) in [5.41, 5.74) is 3.11. The molecule has 0 radical (unpaired) electrons. The third-order valence-electron chi connectivity index (χ3n) is 6.81. The van der Waals surface area contributed by atoms with Gasteiger partial charge in [0.15, 0.2) is 5.82 Å². The Balaban J connectivity index is 1.49. The number of methoxy groups -OCH3 is 1. The number of nitrogens with one attached hydrogen (secondary N) is 1. The number of hydrogen-bond donors (Lipinski definition) is 1. The smallest absolute Gasteiger partial charge is 0.407 e. The average molecular weight is 543 g/mol. The van der Waals surface area contributed by atoms with E-state index in [2.05, 4.69) is 15.5 Å². The molecule has 0 spiro atoms. The first-order valence-electron chi connectivity index (χ1n) is 12.7. The van der Waals surface area contributed by atoms with Crippen LogP contribution in [0.1, 0.15) is 35.5 Å². The fourth-order valence-corrected chi connectivity index (χ4v) is 4.35. The van der Waals surface area contributed by atoms with Crippen molar-refractivity contribution in [3.05, 3.63) is 71.7 Å². The molecule has 0 atom stereocenters. The van der Waals surface area contributed by atoms with Crippen LogP contribution < -0.4 is 19.9 Å². The van der Waals surface area contributed by atoms with Crippen LogP contribution in [0.5, 0.6) is 5.75 Å². The number of amides is 2. The van der Waals surface area contributed by atoms with Gasteiger partial charge in [-0.1, -0.05) is 6.07 Å². The minimum absolute atomic E-state index is 0.0681. The number of aromatic nitrogens is 5. The predicted octanol–water partition coefficient (Wildman–Crippen LogP) is 3.59. The number of anilines is 2. The van der Waals surface area contributed by atoms with Crippen LogP contribution in [0.25, 0.3) is 17.2 Å². The fourth-order valence-electron chi connectivity index (χ4n) is 4.35. The second kappa shape index (κ2) is 11.0. The summed E-state index contributed by atoms with van der Waals surface area (Å²) < 4.78 is 12.4. The molecule has 3 aromatic heterocycles. The van der Waals surface area contributed by atoms with Gasteiger partial charge in [0.2, 0.25) is 0 Å². The number of alkyl carbamates (subject to hydrolysis) is 1. The van der Waals surface area contributed by atoms with Crippen molar-refractivity contribution < 1.29 is 19.1 Å². The standard InChI is InChI=1S/C28H30N8O4/c1-17(2)34(4)25-13-20-21(23(32-25)15-40-28(38)29-3)14-35(27(20)37)24-8-6-7-22(31-24)26-33-30-16-36(26)18-9-11-19(39-5)12-10-18/h6-13,16-17H,14-15H2,1-5H3,(H,29,38). The fraction of sp³-hybridized carbons (Fsp3) is 0.286. The zero-order valence-corrected chi connectivity index (χ0v) is 23.0. The quantitative estimate of drug-likeness (QED) is 0.355. The second-order valence-corrected chi connectivity index (χ2v) is 9.48. The number of rotatable bonds is 8. The zero-order chi connectivity index (χ0) is 28.4. The normalized spacial score (nSPS) is 12.4. The molecular formula is C28H30N8O4. The summed E-state index contributed by atoms with van der Waals surface area (Å²) >= 11 is 0. The summed E-state index contributed by atoms with van der Waals surface area (Å²) in [5.74, 6) is 2.13. The molecule has 4 aromatic rings. The van der Waals surface area contributed by atoms with Gasteiger partial charge in [0.1, 0.15) is 36.0 Å². The van der Waals surface area contributed by atoms with Crippen molar-refractivity contribution in [1.29, 1.82) is 0 Å². The van der Waals surface area contributed by atoms with Gasteiger partial charge in [-0.15, -0.1) is 10.2 Å². The van der Waals surface area contributed by atoms with Crippen LogP contribution in [0, 0.1) is 0 Å². The molecule has 5 rings (SSSR count). The average Bonchev–Trinajstić information content (AvgIpc) is 3.60. The number of ether oxygens (including phenoxy) is 2. The molecule has 1 aromatic carbocycles. The summed E-state index contributed by atoms with van der Waals surface area (Å²) in [5, 5.41) is 10.8. The Labute approximate surface area is 231 Å². The molecule has 2 amide bonds. The van der Waals surface area contributed by atoms with Crippen molar-refractivity contribution >= 4 is 23.6 Å². The van der Waals surface area contributed by atoms with E-state index in [1.54, 1.807) is 30.5 Å². The van der Waals surface area contributed by atoms with E-state index in [0.29, 0.717) is 40.0 Å². The van der Waals surface area contributed by atoms with E-state index in [1.165, 1.54) is 7.05 Å². The highest BCUT2D eigenvalue weighted by Gasteiger charge is 2.34. The lowest BCUT2D eigenvalue weighted by molar-refractivity contribution is 0.0996. The van der Waals surface area contributed by atoms with E-state index in [1.807, 2.05) is 66.8 Å². The molecule has 1 aliphatic heterocycles. The second-order valence-electron chi connectivity index (χ2n) is 9.48. The van der Waals surface area contributed by atoms with Crippen LogP contribution in [-0.2, 0) is 17.9 Å². The molecule has 0 saturated heterocycles. The van der Waals surface area contributed by atoms with Gasteiger partial charge in [-0.25, -0.2) is 14.8 Å². The molecule has 12 heteroatoms. The molecule has 0 saturated carbocycles. The molecule has 0 bridgehead atoms. The van der Waals surface area contributed by atoms with Crippen molar-refractivity contribution in [1.82, 2.24) is 30.0 Å². The Kier molecular flexibility index (Phi) is 7.32. The minimum atomic E-state index is -0.574. The molecule has 4 heterocycles. The highest BCUT2D eigenvalue weighted by atomic mass is 16.5. The van der Waals surface area contributed by atoms with Crippen LogP contribution in [0.3, 0.4) is 0 Å². The van der Waals surface area contributed by atoms with Crippen LogP contribution in [0.4, 0.5) is 16.4 Å². The van der Waals surface area contributed by atoms with E-state index in [4.69, 9.17) is 19.4 Å².